The highest BCUT2D eigenvalue weighted by Gasteiger charge is 2.31. The third-order valence-electron chi connectivity index (χ3n) is 5.50. The number of nitrogen functional groups attached to an aromatic ring is 1. The third kappa shape index (κ3) is 4.20. The number of morpholine rings is 1. The Kier molecular flexibility index (Phi) is 5.68. The second kappa shape index (κ2) is 8.30. The summed E-state index contributed by atoms with van der Waals surface area (Å²) in [4.78, 5) is 23.3. The second-order valence-corrected chi connectivity index (χ2v) is 7.70. The van der Waals surface area contributed by atoms with Crippen molar-refractivity contribution in [1.29, 1.82) is 0 Å². The van der Waals surface area contributed by atoms with E-state index < -0.39 is 17.8 Å². The van der Waals surface area contributed by atoms with Gasteiger partial charge in [-0.05, 0) is 36.8 Å². The lowest BCUT2D eigenvalue weighted by molar-refractivity contribution is -0.137. The van der Waals surface area contributed by atoms with Gasteiger partial charge in [-0.2, -0.15) is 13.2 Å². The minimum absolute atomic E-state index is 0.0213. The summed E-state index contributed by atoms with van der Waals surface area (Å²) >= 11 is 0. The van der Waals surface area contributed by atoms with Gasteiger partial charge in [0.05, 0.1) is 30.2 Å². The first kappa shape index (κ1) is 21.9. The molecular formula is C21H23F3N6O2. The average molecular weight is 448 g/mol. The molecule has 0 aliphatic carbocycles. The van der Waals surface area contributed by atoms with Crippen LogP contribution in [0.15, 0.2) is 35.4 Å². The van der Waals surface area contributed by atoms with Crippen molar-refractivity contribution in [2.24, 2.45) is 7.05 Å². The van der Waals surface area contributed by atoms with Crippen LogP contribution in [0.2, 0.25) is 0 Å². The van der Waals surface area contributed by atoms with Gasteiger partial charge >= 0.3 is 6.18 Å². The van der Waals surface area contributed by atoms with Crippen molar-refractivity contribution in [3.63, 3.8) is 0 Å². The monoisotopic (exact) mass is 448 g/mol. The molecule has 0 bridgehead atoms. The van der Waals surface area contributed by atoms with Crippen LogP contribution in [-0.2, 0) is 18.0 Å². The predicted molar refractivity (Wildman–Crippen MR) is 116 cm³/mol. The first-order valence-electron chi connectivity index (χ1n) is 10.1. The maximum Gasteiger partial charge on any atom is 0.416 e. The molecule has 1 aliphatic heterocycles. The molecule has 8 nitrogen and oxygen atoms in total. The fraction of sp³-hybridized carbons (Fsp3) is 0.381. The summed E-state index contributed by atoms with van der Waals surface area (Å²) in [6.45, 7) is 3.92. The van der Waals surface area contributed by atoms with Crippen LogP contribution in [0.5, 0.6) is 0 Å². The Morgan fingerprint density at radius 1 is 1.16 bits per heavy atom. The fourth-order valence-corrected chi connectivity index (χ4v) is 3.78. The van der Waals surface area contributed by atoms with E-state index in [1.807, 2.05) is 4.90 Å². The summed E-state index contributed by atoms with van der Waals surface area (Å²) in [5, 5.41) is 3.74. The zero-order chi connectivity index (χ0) is 23.0. The van der Waals surface area contributed by atoms with Crippen molar-refractivity contribution in [2.75, 3.05) is 42.3 Å². The summed E-state index contributed by atoms with van der Waals surface area (Å²) < 4.78 is 46.4. The number of fused-ring (bicyclic) bond motifs is 1. The van der Waals surface area contributed by atoms with Crippen molar-refractivity contribution in [2.45, 2.75) is 19.1 Å². The quantitative estimate of drug-likeness (QED) is 0.592. The molecule has 1 saturated heterocycles. The molecule has 170 valence electrons. The van der Waals surface area contributed by atoms with E-state index in [0.717, 1.165) is 12.1 Å². The van der Waals surface area contributed by atoms with E-state index in [1.165, 1.54) is 17.0 Å². The van der Waals surface area contributed by atoms with Crippen molar-refractivity contribution in [3.05, 3.63) is 52.1 Å². The van der Waals surface area contributed by atoms with Crippen LogP contribution < -0.4 is 21.5 Å². The van der Waals surface area contributed by atoms with Crippen molar-refractivity contribution >= 4 is 28.2 Å². The highest BCUT2D eigenvalue weighted by atomic mass is 19.4. The van der Waals surface area contributed by atoms with E-state index in [2.05, 4.69) is 15.3 Å². The van der Waals surface area contributed by atoms with E-state index in [4.69, 9.17) is 10.5 Å². The number of aromatic nitrogens is 3. The van der Waals surface area contributed by atoms with Gasteiger partial charge in [0.1, 0.15) is 23.5 Å². The number of nitrogens with two attached hydrogens (primary N) is 1. The van der Waals surface area contributed by atoms with Gasteiger partial charge in [0, 0.05) is 25.8 Å². The molecule has 0 saturated carbocycles. The van der Waals surface area contributed by atoms with Gasteiger partial charge in [0.2, 0.25) is 0 Å². The molecule has 11 heteroatoms. The second-order valence-electron chi connectivity index (χ2n) is 7.70. The van der Waals surface area contributed by atoms with E-state index in [0.29, 0.717) is 54.4 Å². The van der Waals surface area contributed by atoms with E-state index >= 15 is 0 Å². The van der Waals surface area contributed by atoms with Crippen molar-refractivity contribution < 1.29 is 17.9 Å². The molecule has 1 atom stereocenters. The minimum atomic E-state index is -4.50. The third-order valence-corrected chi connectivity index (χ3v) is 5.50. The predicted octanol–water partition coefficient (Wildman–Crippen LogP) is 2.94. The van der Waals surface area contributed by atoms with Gasteiger partial charge in [-0.1, -0.05) is 0 Å². The Morgan fingerprint density at radius 3 is 2.56 bits per heavy atom. The molecular weight excluding hydrogens is 425 g/mol. The van der Waals surface area contributed by atoms with Crippen LogP contribution in [0.1, 0.15) is 24.1 Å². The molecule has 1 fully saturated rings. The lowest BCUT2D eigenvalue weighted by Crippen LogP contribution is -2.40. The van der Waals surface area contributed by atoms with Gasteiger partial charge in [0.25, 0.3) is 5.56 Å². The number of alkyl halides is 3. The number of pyridine rings is 1. The Morgan fingerprint density at radius 2 is 1.88 bits per heavy atom. The largest absolute Gasteiger partial charge is 0.416 e. The number of ether oxygens (including phenoxy) is 1. The van der Waals surface area contributed by atoms with Gasteiger partial charge in [-0.15, -0.1) is 0 Å². The SMILES string of the molecule is CC(Nc1ncnc2c1cc(N1CCOCC1)c(=O)n2C)c1cc(N)cc(C(F)(F)F)c1. The number of halogens is 3. The zero-order valence-electron chi connectivity index (χ0n) is 17.6. The topological polar surface area (TPSA) is 98.3 Å². The fourth-order valence-electron chi connectivity index (χ4n) is 3.78. The van der Waals surface area contributed by atoms with Crippen LogP contribution >= 0.6 is 0 Å². The Bertz CT molecular complexity index is 1200. The number of rotatable bonds is 4. The number of nitrogens with zero attached hydrogens (tertiary/aromatic N) is 4. The Balaban J connectivity index is 1.74. The number of hydrogen-bond donors (Lipinski definition) is 2. The van der Waals surface area contributed by atoms with E-state index in [1.54, 1.807) is 20.0 Å². The first-order valence-corrected chi connectivity index (χ1v) is 10.1. The Labute approximate surface area is 181 Å². The standard InChI is InChI=1S/C21H23F3N6O2/c1-12(13-7-14(21(22,23)24)9-15(25)8-13)28-18-16-10-17(30-3-5-32-6-4-30)20(31)29(2)19(16)27-11-26-18/h7-12H,3-6,25H2,1-2H3,(H,26,27,28). The number of hydrogen-bond acceptors (Lipinski definition) is 7. The number of benzene rings is 1. The smallest absolute Gasteiger partial charge is 0.399 e. The molecule has 3 aromatic rings. The molecule has 32 heavy (non-hydrogen) atoms. The molecule has 0 radical (unpaired) electrons. The molecule has 4 rings (SSSR count). The molecule has 0 spiro atoms. The molecule has 3 N–H and O–H groups in total. The molecule has 1 aromatic carbocycles. The van der Waals surface area contributed by atoms with Gasteiger partial charge in [-0.3, -0.25) is 9.36 Å². The molecule has 1 unspecified atom stereocenters. The molecule has 1 aliphatic rings. The van der Waals surface area contributed by atoms with Gasteiger partial charge < -0.3 is 20.7 Å². The lowest BCUT2D eigenvalue weighted by Gasteiger charge is -2.28. The van der Waals surface area contributed by atoms with Crippen LogP contribution in [0, 0.1) is 0 Å². The molecule has 2 aromatic heterocycles. The summed E-state index contributed by atoms with van der Waals surface area (Å²) in [7, 11) is 1.63. The van der Waals surface area contributed by atoms with Crippen LogP contribution in [0.3, 0.4) is 0 Å². The minimum Gasteiger partial charge on any atom is -0.399 e. The van der Waals surface area contributed by atoms with Crippen molar-refractivity contribution in [3.8, 4) is 0 Å². The summed E-state index contributed by atoms with van der Waals surface area (Å²) in [5.74, 6) is 0.406. The van der Waals surface area contributed by atoms with Crippen molar-refractivity contribution in [1.82, 2.24) is 14.5 Å². The van der Waals surface area contributed by atoms with Crippen LogP contribution in [0.25, 0.3) is 11.0 Å². The maximum atomic E-state index is 13.2. The highest BCUT2D eigenvalue weighted by Crippen LogP contribution is 2.34. The number of aryl methyl sites for hydroxylation is 1. The average Bonchev–Trinajstić information content (AvgIpc) is 2.76. The van der Waals surface area contributed by atoms with E-state index in [-0.39, 0.29) is 11.2 Å². The summed E-state index contributed by atoms with van der Waals surface area (Å²) in [6.07, 6.45) is -3.19. The first-order chi connectivity index (χ1) is 15.1. The van der Waals surface area contributed by atoms with Crippen LogP contribution in [-0.4, -0.2) is 40.8 Å². The molecule has 3 heterocycles. The van der Waals surface area contributed by atoms with Gasteiger partial charge in [0.15, 0.2) is 0 Å². The Hall–Kier alpha value is -3.34. The normalized spacial score (nSPS) is 15.7. The lowest BCUT2D eigenvalue weighted by atomic mass is 10.0. The molecule has 0 amide bonds. The highest BCUT2D eigenvalue weighted by molar-refractivity contribution is 5.89. The van der Waals surface area contributed by atoms with E-state index in [9.17, 15) is 18.0 Å². The number of anilines is 3. The number of nitrogens with one attached hydrogen (secondary N) is 1. The maximum absolute atomic E-state index is 13.2. The zero-order valence-corrected chi connectivity index (χ0v) is 17.6. The van der Waals surface area contributed by atoms with Crippen LogP contribution in [0.4, 0.5) is 30.4 Å². The van der Waals surface area contributed by atoms with Gasteiger partial charge in [-0.25, -0.2) is 9.97 Å². The summed E-state index contributed by atoms with van der Waals surface area (Å²) in [5.41, 5.74) is 6.00. The summed E-state index contributed by atoms with van der Waals surface area (Å²) in [6, 6.07) is 4.64.